The lowest BCUT2D eigenvalue weighted by molar-refractivity contribution is 0.482. The summed E-state index contributed by atoms with van der Waals surface area (Å²) in [7, 11) is 1.79. The number of anilines is 1. The first-order valence-corrected chi connectivity index (χ1v) is 5.13. The number of hydrogen-bond acceptors (Lipinski definition) is 4. The van der Waals surface area contributed by atoms with Crippen LogP contribution >= 0.6 is 0 Å². The molecule has 1 N–H and O–H groups in total. The zero-order valence-electron chi connectivity index (χ0n) is 9.34. The number of ether oxygens (including phenoxy) is 1. The minimum Gasteiger partial charge on any atom is -0.457 e. The molecule has 1 heterocycles. The Hall–Kier alpha value is -2.54. The third-order valence-electron chi connectivity index (χ3n) is 2.19. The van der Waals surface area contributed by atoms with E-state index in [-0.39, 0.29) is 0 Å². The normalized spacial score (nSPS) is 9.41. The molecule has 4 heteroatoms. The second-order valence-corrected chi connectivity index (χ2v) is 3.37. The van der Waals surface area contributed by atoms with Crippen LogP contribution in [0.15, 0.2) is 42.6 Å². The second-order valence-electron chi connectivity index (χ2n) is 3.37. The highest BCUT2D eigenvalue weighted by molar-refractivity contribution is 5.43. The Bertz CT molecular complexity index is 561. The van der Waals surface area contributed by atoms with Crippen molar-refractivity contribution in [1.82, 2.24) is 4.98 Å². The van der Waals surface area contributed by atoms with Gasteiger partial charge in [-0.15, -0.1) is 0 Å². The summed E-state index contributed by atoms with van der Waals surface area (Å²) < 4.78 is 5.63. The highest BCUT2D eigenvalue weighted by Crippen LogP contribution is 2.23. The van der Waals surface area contributed by atoms with Gasteiger partial charge >= 0.3 is 0 Å². The molecular formula is C13H11N3O. The van der Waals surface area contributed by atoms with Crippen molar-refractivity contribution in [2.75, 3.05) is 12.4 Å². The smallest absolute Gasteiger partial charge is 0.132 e. The second kappa shape index (κ2) is 4.99. The van der Waals surface area contributed by atoms with Gasteiger partial charge in [-0.1, -0.05) is 6.07 Å². The molecule has 1 aromatic carbocycles. The Balaban J connectivity index is 2.22. The van der Waals surface area contributed by atoms with Gasteiger partial charge in [0, 0.05) is 19.3 Å². The molecule has 0 saturated heterocycles. The quantitative estimate of drug-likeness (QED) is 0.872. The van der Waals surface area contributed by atoms with Gasteiger partial charge < -0.3 is 10.1 Å². The van der Waals surface area contributed by atoms with Crippen LogP contribution in [0.4, 0.5) is 5.82 Å². The number of nitrogens with zero attached hydrogens (tertiary/aromatic N) is 2. The van der Waals surface area contributed by atoms with Gasteiger partial charge in [0.15, 0.2) is 0 Å². The number of nitrogens with one attached hydrogen (secondary N) is 1. The molecule has 0 aliphatic rings. The maximum atomic E-state index is 8.78. The molecule has 2 rings (SSSR count). The maximum absolute atomic E-state index is 8.78. The highest BCUT2D eigenvalue weighted by atomic mass is 16.5. The van der Waals surface area contributed by atoms with Gasteiger partial charge in [0.25, 0.3) is 0 Å². The molecule has 2 aromatic rings. The molecule has 0 unspecified atom stereocenters. The Morgan fingerprint density at radius 1 is 1.24 bits per heavy atom. The minimum atomic E-state index is 0.574. The van der Waals surface area contributed by atoms with Crippen LogP contribution in [0.2, 0.25) is 0 Å². The van der Waals surface area contributed by atoms with Crippen LogP contribution < -0.4 is 10.1 Å². The van der Waals surface area contributed by atoms with Crippen molar-refractivity contribution in [2.24, 2.45) is 0 Å². The van der Waals surface area contributed by atoms with Crippen molar-refractivity contribution >= 4 is 5.82 Å². The SMILES string of the molecule is CNc1cc(Oc2cccc(C#N)c2)ccn1. The molecule has 0 fully saturated rings. The van der Waals surface area contributed by atoms with Gasteiger partial charge in [0.05, 0.1) is 11.6 Å². The molecule has 0 atom stereocenters. The van der Waals surface area contributed by atoms with Gasteiger partial charge in [-0.05, 0) is 24.3 Å². The topological polar surface area (TPSA) is 57.9 Å². The molecule has 0 spiro atoms. The van der Waals surface area contributed by atoms with Gasteiger partial charge in [0.1, 0.15) is 17.3 Å². The lowest BCUT2D eigenvalue weighted by Gasteiger charge is -2.06. The predicted octanol–water partition coefficient (Wildman–Crippen LogP) is 2.79. The Kier molecular flexibility index (Phi) is 3.22. The first-order valence-electron chi connectivity index (χ1n) is 5.13. The summed E-state index contributed by atoms with van der Waals surface area (Å²) in [5.41, 5.74) is 0.574. The summed E-state index contributed by atoms with van der Waals surface area (Å²) in [4.78, 5) is 4.09. The Labute approximate surface area is 99.5 Å². The van der Waals surface area contributed by atoms with Crippen molar-refractivity contribution in [3.8, 4) is 17.6 Å². The number of hydrogen-bond donors (Lipinski definition) is 1. The number of nitriles is 1. The van der Waals surface area contributed by atoms with E-state index in [1.54, 1.807) is 49.6 Å². The summed E-state index contributed by atoms with van der Waals surface area (Å²) in [6.45, 7) is 0. The average Bonchev–Trinajstić information content (AvgIpc) is 2.39. The summed E-state index contributed by atoms with van der Waals surface area (Å²) in [5, 5.41) is 11.7. The van der Waals surface area contributed by atoms with Gasteiger partial charge in [-0.3, -0.25) is 0 Å². The van der Waals surface area contributed by atoms with Crippen molar-refractivity contribution in [1.29, 1.82) is 5.26 Å². The summed E-state index contributed by atoms with van der Waals surface area (Å²) in [6, 6.07) is 12.6. The van der Waals surface area contributed by atoms with Crippen molar-refractivity contribution in [2.45, 2.75) is 0 Å². The average molecular weight is 225 g/mol. The van der Waals surface area contributed by atoms with Crippen LogP contribution in [0.1, 0.15) is 5.56 Å². The summed E-state index contributed by atoms with van der Waals surface area (Å²) in [5.74, 6) is 2.05. The van der Waals surface area contributed by atoms with E-state index in [0.717, 1.165) is 5.82 Å². The fourth-order valence-electron chi connectivity index (χ4n) is 1.38. The minimum absolute atomic E-state index is 0.574. The van der Waals surface area contributed by atoms with Gasteiger partial charge in [0.2, 0.25) is 0 Å². The monoisotopic (exact) mass is 225 g/mol. The Morgan fingerprint density at radius 2 is 2.06 bits per heavy atom. The van der Waals surface area contributed by atoms with E-state index in [4.69, 9.17) is 10.00 Å². The molecule has 84 valence electrons. The van der Waals surface area contributed by atoms with Crippen LogP contribution in [0.25, 0.3) is 0 Å². The fourth-order valence-corrected chi connectivity index (χ4v) is 1.38. The molecule has 4 nitrogen and oxygen atoms in total. The van der Waals surface area contributed by atoms with Crippen LogP contribution in [-0.4, -0.2) is 12.0 Å². The van der Waals surface area contributed by atoms with E-state index in [0.29, 0.717) is 17.1 Å². The lowest BCUT2D eigenvalue weighted by atomic mass is 10.2. The first-order chi connectivity index (χ1) is 8.31. The molecule has 0 aliphatic carbocycles. The number of rotatable bonds is 3. The molecule has 0 aliphatic heterocycles. The fraction of sp³-hybridized carbons (Fsp3) is 0.0769. The predicted molar refractivity (Wildman–Crippen MR) is 65.0 cm³/mol. The van der Waals surface area contributed by atoms with Crippen molar-refractivity contribution in [3.05, 3.63) is 48.2 Å². The van der Waals surface area contributed by atoms with E-state index in [1.165, 1.54) is 0 Å². The van der Waals surface area contributed by atoms with Crippen LogP contribution in [-0.2, 0) is 0 Å². The lowest BCUT2D eigenvalue weighted by Crippen LogP contribution is -1.92. The van der Waals surface area contributed by atoms with E-state index >= 15 is 0 Å². The molecular weight excluding hydrogens is 214 g/mol. The number of benzene rings is 1. The van der Waals surface area contributed by atoms with Gasteiger partial charge in [-0.2, -0.15) is 5.26 Å². The molecule has 17 heavy (non-hydrogen) atoms. The standard InChI is InChI=1S/C13H11N3O/c1-15-13-8-12(5-6-16-13)17-11-4-2-3-10(7-11)9-14/h2-8H,1H3,(H,15,16). The van der Waals surface area contributed by atoms with E-state index in [1.807, 2.05) is 0 Å². The van der Waals surface area contributed by atoms with E-state index in [9.17, 15) is 0 Å². The van der Waals surface area contributed by atoms with Crippen molar-refractivity contribution < 1.29 is 4.74 Å². The number of pyridine rings is 1. The van der Waals surface area contributed by atoms with E-state index in [2.05, 4.69) is 16.4 Å². The summed E-state index contributed by atoms with van der Waals surface area (Å²) in [6.07, 6.45) is 1.66. The zero-order chi connectivity index (χ0) is 12.1. The van der Waals surface area contributed by atoms with E-state index < -0.39 is 0 Å². The molecule has 1 aromatic heterocycles. The molecule has 0 radical (unpaired) electrons. The largest absolute Gasteiger partial charge is 0.457 e. The van der Waals surface area contributed by atoms with Crippen LogP contribution in [0.5, 0.6) is 11.5 Å². The molecule has 0 amide bonds. The Morgan fingerprint density at radius 3 is 2.82 bits per heavy atom. The van der Waals surface area contributed by atoms with Crippen molar-refractivity contribution in [3.63, 3.8) is 0 Å². The van der Waals surface area contributed by atoms with Crippen LogP contribution in [0, 0.1) is 11.3 Å². The van der Waals surface area contributed by atoms with Gasteiger partial charge in [-0.25, -0.2) is 4.98 Å². The third-order valence-corrected chi connectivity index (χ3v) is 2.19. The zero-order valence-corrected chi connectivity index (χ0v) is 9.34. The molecule has 0 saturated carbocycles. The third kappa shape index (κ3) is 2.73. The first kappa shape index (κ1) is 11.0. The number of aromatic nitrogens is 1. The maximum Gasteiger partial charge on any atom is 0.132 e. The summed E-state index contributed by atoms with van der Waals surface area (Å²) >= 11 is 0. The van der Waals surface area contributed by atoms with Crippen LogP contribution in [0.3, 0.4) is 0 Å². The highest BCUT2D eigenvalue weighted by Gasteiger charge is 2.00. The molecule has 0 bridgehead atoms.